The van der Waals surface area contributed by atoms with E-state index >= 15 is 0 Å². The molecule has 0 spiro atoms. The first kappa shape index (κ1) is 20.6. The van der Waals surface area contributed by atoms with E-state index in [-0.39, 0.29) is 5.56 Å². The third kappa shape index (κ3) is 4.73. The average molecular weight is 434 g/mol. The Morgan fingerprint density at radius 3 is 2.57 bits per heavy atom. The lowest BCUT2D eigenvalue weighted by Gasteiger charge is -2.34. The van der Waals surface area contributed by atoms with Crippen molar-refractivity contribution in [3.05, 3.63) is 59.7 Å². The van der Waals surface area contributed by atoms with E-state index in [0.29, 0.717) is 13.1 Å². The maximum Gasteiger partial charge on any atom is 0.416 e. The zero-order valence-corrected chi connectivity index (χ0v) is 17.0. The van der Waals surface area contributed by atoms with E-state index in [0.717, 1.165) is 49.0 Å². The molecule has 2 heterocycles. The molecule has 1 aliphatic rings. The highest BCUT2D eigenvalue weighted by Gasteiger charge is 2.30. The fraction of sp³-hybridized carbons (Fsp3) is 0.333. The van der Waals surface area contributed by atoms with Crippen LogP contribution in [0.2, 0.25) is 0 Å². The summed E-state index contributed by atoms with van der Waals surface area (Å²) in [6.07, 6.45) is -4.46. The van der Waals surface area contributed by atoms with Crippen molar-refractivity contribution in [3.8, 4) is 0 Å². The maximum atomic E-state index is 12.8. The number of benzene rings is 2. The van der Waals surface area contributed by atoms with Crippen molar-refractivity contribution in [1.29, 1.82) is 0 Å². The summed E-state index contributed by atoms with van der Waals surface area (Å²) in [5, 5.41) is 3.74. The smallest absolute Gasteiger partial charge is 0.351 e. The van der Waals surface area contributed by atoms with E-state index in [1.807, 2.05) is 18.2 Å². The molecule has 1 amide bonds. The predicted molar refractivity (Wildman–Crippen MR) is 112 cm³/mol. The lowest BCUT2D eigenvalue weighted by Crippen LogP contribution is -2.48. The third-order valence-corrected chi connectivity index (χ3v) is 6.19. The van der Waals surface area contributed by atoms with E-state index in [1.54, 1.807) is 11.3 Å². The van der Waals surface area contributed by atoms with Crippen molar-refractivity contribution in [2.75, 3.05) is 44.2 Å². The van der Waals surface area contributed by atoms with Crippen LogP contribution in [-0.2, 0) is 6.18 Å². The number of nitrogens with zero attached hydrogens (tertiary/aromatic N) is 3. The number of carbonyl (C=O) groups is 1. The molecule has 0 aliphatic carbocycles. The van der Waals surface area contributed by atoms with Crippen LogP contribution in [0, 0.1) is 0 Å². The second kappa shape index (κ2) is 8.61. The van der Waals surface area contributed by atoms with Gasteiger partial charge in [-0.3, -0.25) is 9.69 Å². The number of fused-ring (bicyclic) bond motifs is 1. The Bertz CT molecular complexity index is 995. The van der Waals surface area contributed by atoms with Crippen LogP contribution in [0.25, 0.3) is 10.2 Å². The number of para-hydroxylation sites is 1. The second-order valence-corrected chi connectivity index (χ2v) is 8.14. The monoisotopic (exact) mass is 434 g/mol. The van der Waals surface area contributed by atoms with Crippen LogP contribution >= 0.6 is 11.3 Å². The fourth-order valence-corrected chi connectivity index (χ4v) is 4.44. The number of halogens is 3. The minimum Gasteiger partial charge on any atom is -0.351 e. The number of anilines is 1. The van der Waals surface area contributed by atoms with Crippen molar-refractivity contribution in [2.24, 2.45) is 0 Å². The molecule has 0 unspecified atom stereocenters. The van der Waals surface area contributed by atoms with Gasteiger partial charge >= 0.3 is 6.18 Å². The molecule has 9 heteroatoms. The summed E-state index contributed by atoms with van der Waals surface area (Å²) < 4.78 is 39.6. The normalized spacial score (nSPS) is 15.5. The largest absolute Gasteiger partial charge is 0.416 e. The van der Waals surface area contributed by atoms with Crippen LogP contribution < -0.4 is 10.2 Å². The average Bonchev–Trinajstić information content (AvgIpc) is 3.18. The molecule has 0 radical (unpaired) electrons. The number of carbonyl (C=O) groups excluding carboxylic acids is 1. The molecular weight excluding hydrogens is 413 g/mol. The van der Waals surface area contributed by atoms with Crippen molar-refractivity contribution in [2.45, 2.75) is 6.18 Å². The van der Waals surface area contributed by atoms with Gasteiger partial charge in [0.1, 0.15) is 0 Å². The van der Waals surface area contributed by atoms with Crippen LogP contribution in [0.5, 0.6) is 0 Å². The minimum absolute atomic E-state index is 0.0190. The van der Waals surface area contributed by atoms with Gasteiger partial charge in [-0.25, -0.2) is 4.98 Å². The number of rotatable bonds is 5. The molecule has 0 atom stereocenters. The topological polar surface area (TPSA) is 48.5 Å². The zero-order chi connectivity index (χ0) is 21.1. The molecule has 158 valence electrons. The molecule has 0 bridgehead atoms. The lowest BCUT2D eigenvalue weighted by atomic mass is 10.1. The van der Waals surface area contributed by atoms with Crippen molar-refractivity contribution in [3.63, 3.8) is 0 Å². The molecule has 4 rings (SSSR count). The van der Waals surface area contributed by atoms with Gasteiger partial charge in [-0.1, -0.05) is 29.5 Å². The van der Waals surface area contributed by atoms with Gasteiger partial charge in [0, 0.05) is 44.8 Å². The van der Waals surface area contributed by atoms with Gasteiger partial charge in [0.05, 0.1) is 15.8 Å². The Balaban J connectivity index is 1.24. The van der Waals surface area contributed by atoms with Gasteiger partial charge in [0.15, 0.2) is 5.13 Å². The van der Waals surface area contributed by atoms with Gasteiger partial charge in [0.2, 0.25) is 0 Å². The Morgan fingerprint density at radius 1 is 1.07 bits per heavy atom. The number of alkyl halides is 3. The molecule has 1 N–H and O–H groups in total. The summed E-state index contributed by atoms with van der Waals surface area (Å²) in [5.74, 6) is -0.491. The van der Waals surface area contributed by atoms with Gasteiger partial charge in [-0.05, 0) is 30.3 Å². The first-order chi connectivity index (χ1) is 14.4. The summed E-state index contributed by atoms with van der Waals surface area (Å²) in [6.45, 7) is 4.42. The minimum atomic E-state index is -4.46. The highest BCUT2D eigenvalue weighted by Crippen LogP contribution is 2.30. The predicted octanol–water partition coefficient (Wildman–Crippen LogP) is 3.87. The number of hydrogen-bond donors (Lipinski definition) is 1. The summed E-state index contributed by atoms with van der Waals surface area (Å²) >= 11 is 1.69. The van der Waals surface area contributed by atoms with E-state index < -0.39 is 17.6 Å². The number of piperazine rings is 1. The first-order valence-corrected chi connectivity index (χ1v) is 10.5. The Kier molecular flexibility index (Phi) is 5.92. The summed E-state index contributed by atoms with van der Waals surface area (Å²) in [6, 6.07) is 12.6. The maximum absolute atomic E-state index is 12.8. The molecule has 5 nitrogen and oxygen atoms in total. The van der Waals surface area contributed by atoms with Crippen molar-refractivity contribution in [1.82, 2.24) is 15.2 Å². The number of hydrogen-bond acceptors (Lipinski definition) is 5. The van der Waals surface area contributed by atoms with Crippen LogP contribution in [-0.4, -0.2) is 55.1 Å². The van der Waals surface area contributed by atoms with Gasteiger partial charge in [-0.2, -0.15) is 13.2 Å². The fourth-order valence-electron chi connectivity index (χ4n) is 3.42. The molecule has 1 aliphatic heterocycles. The van der Waals surface area contributed by atoms with Gasteiger partial charge < -0.3 is 10.2 Å². The molecule has 0 saturated carbocycles. The van der Waals surface area contributed by atoms with Crippen LogP contribution in [0.1, 0.15) is 15.9 Å². The first-order valence-electron chi connectivity index (χ1n) is 9.68. The number of amides is 1. The van der Waals surface area contributed by atoms with Gasteiger partial charge in [-0.15, -0.1) is 0 Å². The number of aromatic nitrogens is 1. The highest BCUT2D eigenvalue weighted by molar-refractivity contribution is 7.22. The Hall–Kier alpha value is -2.65. The SMILES string of the molecule is O=C(NCCN1CCN(c2nc3ccccc3s2)CC1)c1cccc(C(F)(F)F)c1. The summed E-state index contributed by atoms with van der Waals surface area (Å²) in [7, 11) is 0. The van der Waals surface area contributed by atoms with E-state index in [1.165, 1.54) is 16.8 Å². The number of thiazole rings is 1. The van der Waals surface area contributed by atoms with Crippen LogP contribution in [0.3, 0.4) is 0 Å². The molecule has 3 aromatic rings. The van der Waals surface area contributed by atoms with E-state index in [9.17, 15) is 18.0 Å². The molecular formula is C21H21F3N4OS. The highest BCUT2D eigenvalue weighted by atomic mass is 32.1. The second-order valence-electron chi connectivity index (χ2n) is 7.13. The molecule has 1 saturated heterocycles. The van der Waals surface area contributed by atoms with E-state index in [2.05, 4.69) is 21.2 Å². The Labute approximate surface area is 176 Å². The lowest BCUT2D eigenvalue weighted by molar-refractivity contribution is -0.137. The third-order valence-electron chi connectivity index (χ3n) is 5.09. The molecule has 2 aromatic carbocycles. The molecule has 1 fully saturated rings. The quantitative estimate of drug-likeness (QED) is 0.663. The van der Waals surface area contributed by atoms with Gasteiger partial charge in [0.25, 0.3) is 5.91 Å². The Morgan fingerprint density at radius 2 is 1.83 bits per heavy atom. The summed E-state index contributed by atoms with van der Waals surface area (Å²) in [5.41, 5.74) is 0.212. The standard InChI is InChI=1S/C21H21F3N4OS/c22-21(23,24)16-5-3-4-15(14-16)19(29)25-8-9-27-10-12-28(13-11-27)20-26-17-6-1-2-7-18(17)30-20/h1-7,14H,8-13H2,(H,25,29). The summed E-state index contributed by atoms with van der Waals surface area (Å²) in [4.78, 5) is 21.4. The van der Waals surface area contributed by atoms with Crippen LogP contribution in [0.15, 0.2) is 48.5 Å². The molecule has 30 heavy (non-hydrogen) atoms. The van der Waals surface area contributed by atoms with Crippen molar-refractivity contribution >= 4 is 32.6 Å². The zero-order valence-electron chi connectivity index (χ0n) is 16.2. The van der Waals surface area contributed by atoms with Crippen LogP contribution in [0.4, 0.5) is 18.3 Å². The van der Waals surface area contributed by atoms with E-state index in [4.69, 9.17) is 4.98 Å². The number of nitrogens with one attached hydrogen (secondary N) is 1. The molecule has 1 aromatic heterocycles. The van der Waals surface area contributed by atoms with Crippen molar-refractivity contribution < 1.29 is 18.0 Å².